The number of nitriles is 1. The Morgan fingerprint density at radius 1 is 1.32 bits per heavy atom. The number of aromatic nitrogens is 3. The highest BCUT2D eigenvalue weighted by Gasteiger charge is 2.14. The smallest absolute Gasteiger partial charge is 0.253 e. The van der Waals surface area contributed by atoms with Gasteiger partial charge in [-0.15, -0.1) is 0 Å². The van der Waals surface area contributed by atoms with E-state index >= 15 is 0 Å². The van der Waals surface area contributed by atoms with E-state index in [4.69, 9.17) is 16.3 Å². The highest BCUT2D eigenvalue weighted by molar-refractivity contribution is 6.33. The van der Waals surface area contributed by atoms with Gasteiger partial charge in [0, 0.05) is 19.7 Å². The Balaban J connectivity index is 2.22. The average molecular weight is 362 g/mol. The topological polar surface area (TPSA) is 99.0 Å². The molecule has 0 aliphatic heterocycles. The Labute approximate surface area is 151 Å². The number of hydrogen-bond acceptors (Lipinski definition) is 8. The highest BCUT2D eigenvalue weighted by atomic mass is 35.5. The first-order valence-electron chi connectivity index (χ1n) is 7.61. The van der Waals surface area contributed by atoms with Gasteiger partial charge in [0.15, 0.2) is 5.82 Å². The van der Waals surface area contributed by atoms with Gasteiger partial charge in [0.1, 0.15) is 18.0 Å². The molecule has 1 unspecified atom stereocenters. The summed E-state index contributed by atoms with van der Waals surface area (Å²) in [5.41, 5.74) is 0.869. The molecule has 0 spiro atoms. The highest BCUT2D eigenvalue weighted by Crippen LogP contribution is 2.25. The van der Waals surface area contributed by atoms with E-state index in [0.29, 0.717) is 23.2 Å². The molecule has 2 heterocycles. The number of pyridine rings is 1. The molecule has 9 heteroatoms. The third-order valence-electron chi connectivity index (χ3n) is 3.16. The Morgan fingerprint density at radius 2 is 2.08 bits per heavy atom. The van der Waals surface area contributed by atoms with Crippen molar-refractivity contribution in [3.05, 3.63) is 29.2 Å². The minimum Gasteiger partial charge on any atom is -0.471 e. The molecule has 1 atom stereocenters. The van der Waals surface area contributed by atoms with Crippen LogP contribution in [0.1, 0.15) is 12.6 Å². The molecule has 25 heavy (non-hydrogen) atoms. The summed E-state index contributed by atoms with van der Waals surface area (Å²) in [5, 5.41) is 15.7. The SMILES string of the molecule is CNc1cc(Nc2cnc(C#N)c(OC(C)CN(C)C)n2)ncc1Cl. The molecule has 8 nitrogen and oxygen atoms in total. The molecule has 0 bridgehead atoms. The van der Waals surface area contributed by atoms with Gasteiger partial charge >= 0.3 is 0 Å². The molecule has 0 amide bonds. The van der Waals surface area contributed by atoms with Crippen LogP contribution in [-0.4, -0.2) is 53.6 Å². The van der Waals surface area contributed by atoms with Crippen LogP contribution in [0.5, 0.6) is 5.88 Å². The number of anilines is 3. The Kier molecular flexibility index (Phi) is 6.33. The summed E-state index contributed by atoms with van der Waals surface area (Å²) in [4.78, 5) is 14.6. The fraction of sp³-hybridized carbons (Fsp3) is 0.375. The molecule has 132 valence electrons. The van der Waals surface area contributed by atoms with Crippen molar-refractivity contribution in [2.75, 3.05) is 38.3 Å². The second-order valence-corrected chi connectivity index (χ2v) is 6.04. The molecule has 0 saturated heterocycles. The molecule has 2 rings (SSSR count). The molecule has 0 aliphatic carbocycles. The van der Waals surface area contributed by atoms with Gasteiger partial charge in [0.25, 0.3) is 5.88 Å². The first-order valence-corrected chi connectivity index (χ1v) is 7.99. The van der Waals surface area contributed by atoms with Gasteiger partial charge in [-0.05, 0) is 21.0 Å². The number of nitrogens with one attached hydrogen (secondary N) is 2. The van der Waals surface area contributed by atoms with Crippen LogP contribution in [0.25, 0.3) is 0 Å². The van der Waals surface area contributed by atoms with Crippen LogP contribution in [0, 0.1) is 11.3 Å². The maximum atomic E-state index is 9.19. The van der Waals surface area contributed by atoms with Gasteiger partial charge in [-0.25, -0.2) is 9.97 Å². The third-order valence-corrected chi connectivity index (χ3v) is 3.46. The van der Waals surface area contributed by atoms with Crippen LogP contribution >= 0.6 is 11.6 Å². The predicted octanol–water partition coefficient (Wildman–Crippen LogP) is 2.51. The van der Waals surface area contributed by atoms with E-state index in [1.165, 1.54) is 12.4 Å². The lowest BCUT2D eigenvalue weighted by molar-refractivity contribution is 0.169. The lowest BCUT2D eigenvalue weighted by Crippen LogP contribution is -2.28. The van der Waals surface area contributed by atoms with E-state index in [0.717, 1.165) is 5.69 Å². The monoisotopic (exact) mass is 361 g/mol. The fourth-order valence-electron chi connectivity index (χ4n) is 2.16. The summed E-state index contributed by atoms with van der Waals surface area (Å²) in [6, 6.07) is 3.74. The Morgan fingerprint density at radius 3 is 2.72 bits per heavy atom. The van der Waals surface area contributed by atoms with Crippen LogP contribution in [0.4, 0.5) is 17.3 Å². The zero-order chi connectivity index (χ0) is 18.4. The third kappa shape index (κ3) is 5.17. The molecule has 0 aliphatic rings. The van der Waals surface area contributed by atoms with Crippen molar-refractivity contribution in [2.45, 2.75) is 13.0 Å². The molecule has 0 radical (unpaired) electrons. The van der Waals surface area contributed by atoms with Gasteiger partial charge in [0.05, 0.1) is 23.1 Å². The number of ether oxygens (including phenoxy) is 1. The van der Waals surface area contributed by atoms with Gasteiger partial charge < -0.3 is 20.3 Å². The molecule has 0 saturated carbocycles. The normalized spacial score (nSPS) is 11.7. The zero-order valence-electron chi connectivity index (χ0n) is 14.5. The second-order valence-electron chi connectivity index (χ2n) is 5.64. The van der Waals surface area contributed by atoms with E-state index in [9.17, 15) is 5.26 Å². The van der Waals surface area contributed by atoms with Crippen molar-refractivity contribution in [3.63, 3.8) is 0 Å². The zero-order valence-corrected chi connectivity index (χ0v) is 15.3. The summed E-state index contributed by atoms with van der Waals surface area (Å²) < 4.78 is 5.76. The quantitative estimate of drug-likeness (QED) is 0.776. The molecule has 2 N–H and O–H groups in total. The van der Waals surface area contributed by atoms with Crippen LogP contribution < -0.4 is 15.4 Å². The first-order chi connectivity index (χ1) is 11.9. The number of nitrogens with zero attached hydrogens (tertiary/aromatic N) is 5. The van der Waals surface area contributed by atoms with Crippen LogP contribution in [0.3, 0.4) is 0 Å². The second kappa shape index (κ2) is 8.46. The van der Waals surface area contributed by atoms with Crippen molar-refractivity contribution in [1.29, 1.82) is 5.26 Å². The minimum absolute atomic E-state index is 0.135. The van der Waals surface area contributed by atoms with Crippen molar-refractivity contribution in [3.8, 4) is 11.9 Å². The predicted molar refractivity (Wildman–Crippen MR) is 97.5 cm³/mol. The summed E-state index contributed by atoms with van der Waals surface area (Å²) >= 11 is 6.02. The molecule has 0 aromatic carbocycles. The molecular weight excluding hydrogens is 342 g/mol. The lowest BCUT2D eigenvalue weighted by atomic mass is 10.3. The van der Waals surface area contributed by atoms with Crippen molar-refractivity contribution in [1.82, 2.24) is 19.9 Å². The van der Waals surface area contributed by atoms with Gasteiger partial charge in [-0.2, -0.15) is 10.2 Å². The number of hydrogen-bond donors (Lipinski definition) is 2. The van der Waals surface area contributed by atoms with Gasteiger partial charge in [0.2, 0.25) is 5.69 Å². The molecule has 0 fully saturated rings. The Hall–Kier alpha value is -2.63. The van der Waals surface area contributed by atoms with E-state index in [1.54, 1.807) is 13.1 Å². The fourth-order valence-corrected chi connectivity index (χ4v) is 2.36. The van der Waals surface area contributed by atoms with E-state index in [-0.39, 0.29) is 17.7 Å². The standard InChI is InChI=1S/C16H20ClN7O/c1-10(9-24(3)4)25-16-13(6-18)20-8-15(23-16)22-14-5-12(19-2)11(17)7-21-14/h5,7-8,10H,9H2,1-4H3,(H2,19,21,22,23). The van der Waals surface area contributed by atoms with Gasteiger partial charge in [-0.3, -0.25) is 0 Å². The van der Waals surface area contributed by atoms with Crippen LogP contribution in [0.2, 0.25) is 5.02 Å². The van der Waals surface area contributed by atoms with Crippen molar-refractivity contribution in [2.24, 2.45) is 0 Å². The lowest BCUT2D eigenvalue weighted by Gasteiger charge is -2.18. The molecule has 2 aromatic heterocycles. The van der Waals surface area contributed by atoms with E-state index in [2.05, 4.69) is 25.6 Å². The van der Waals surface area contributed by atoms with Gasteiger partial charge in [-0.1, -0.05) is 11.6 Å². The number of halogens is 1. The summed E-state index contributed by atoms with van der Waals surface area (Å²) in [6.07, 6.45) is 2.84. The number of likely N-dealkylation sites (N-methyl/N-ethyl adjacent to an activating group) is 1. The van der Waals surface area contributed by atoms with Crippen LogP contribution in [0.15, 0.2) is 18.5 Å². The largest absolute Gasteiger partial charge is 0.471 e. The average Bonchev–Trinajstić information content (AvgIpc) is 2.56. The minimum atomic E-state index is -0.142. The molecular formula is C16H20ClN7O. The van der Waals surface area contributed by atoms with Crippen molar-refractivity contribution < 1.29 is 4.74 Å². The summed E-state index contributed by atoms with van der Waals surface area (Å²) in [6.45, 7) is 2.59. The number of rotatable bonds is 7. The van der Waals surface area contributed by atoms with Crippen LogP contribution in [-0.2, 0) is 0 Å². The molecule has 2 aromatic rings. The summed E-state index contributed by atoms with van der Waals surface area (Å²) in [7, 11) is 5.66. The summed E-state index contributed by atoms with van der Waals surface area (Å²) in [5.74, 6) is 1.15. The maximum absolute atomic E-state index is 9.19. The maximum Gasteiger partial charge on any atom is 0.253 e. The van der Waals surface area contributed by atoms with E-state index < -0.39 is 0 Å². The Bertz CT molecular complexity index is 776. The van der Waals surface area contributed by atoms with Crippen molar-refractivity contribution >= 4 is 28.9 Å². The first kappa shape index (κ1) is 18.7. The van der Waals surface area contributed by atoms with E-state index in [1.807, 2.05) is 32.0 Å².